The number of aliphatic hydroxyl groups is 2. The van der Waals surface area contributed by atoms with Crippen molar-refractivity contribution in [2.45, 2.75) is 44.8 Å². The van der Waals surface area contributed by atoms with Crippen LogP contribution in [-0.4, -0.2) is 61.3 Å². The number of esters is 1. The maximum atomic E-state index is 11.9. The van der Waals surface area contributed by atoms with Crippen molar-refractivity contribution < 1.29 is 19.7 Å². The summed E-state index contributed by atoms with van der Waals surface area (Å²) in [6.45, 7) is 6.42. The Bertz CT molecular complexity index is 733. The molecule has 3 aliphatic rings. The fourth-order valence-electron chi connectivity index (χ4n) is 3.89. The van der Waals surface area contributed by atoms with Gasteiger partial charge in [-0.05, 0) is 57.0 Å². The molecule has 0 saturated carbocycles. The van der Waals surface area contributed by atoms with Crippen LogP contribution in [0.1, 0.15) is 49.3 Å². The molecule has 1 aromatic rings. The second-order valence-corrected chi connectivity index (χ2v) is 7.27. The molecule has 4 rings (SSSR count). The van der Waals surface area contributed by atoms with Crippen LogP contribution in [0.5, 0.6) is 0 Å². The lowest BCUT2D eigenvalue weighted by atomic mass is 9.75. The van der Waals surface area contributed by atoms with Crippen molar-refractivity contribution >= 4 is 14.4 Å². The fraction of sp³-hybridized carbons (Fsp3) is 0.571. The van der Waals surface area contributed by atoms with Gasteiger partial charge in [-0.3, -0.25) is 9.69 Å². The number of nitrogens with zero attached hydrogens (tertiary/aromatic N) is 1. The first-order valence-electron chi connectivity index (χ1n) is 9.35. The Morgan fingerprint density at radius 1 is 1.41 bits per heavy atom. The molecule has 2 unspecified atom stereocenters. The van der Waals surface area contributed by atoms with Crippen LogP contribution in [0, 0.1) is 17.8 Å². The van der Waals surface area contributed by atoms with Gasteiger partial charge in [0, 0.05) is 26.4 Å². The van der Waals surface area contributed by atoms with Crippen LogP contribution in [0.15, 0.2) is 18.2 Å². The molecule has 3 heterocycles. The van der Waals surface area contributed by atoms with Gasteiger partial charge in [0.05, 0.1) is 19.1 Å². The average molecular weight is 368 g/mol. The fourth-order valence-corrected chi connectivity index (χ4v) is 3.89. The number of aliphatic hydroxyl groups excluding tert-OH is 1. The van der Waals surface area contributed by atoms with E-state index in [2.05, 4.69) is 16.7 Å². The Labute approximate surface area is 163 Å². The molecule has 0 amide bonds. The van der Waals surface area contributed by atoms with Crippen molar-refractivity contribution in [3.63, 3.8) is 0 Å². The van der Waals surface area contributed by atoms with E-state index in [4.69, 9.17) is 4.74 Å². The molecule has 27 heavy (non-hydrogen) atoms. The Balaban J connectivity index is 0.00000261. The molecule has 143 valence electrons. The van der Waals surface area contributed by atoms with Crippen molar-refractivity contribution in [1.29, 1.82) is 0 Å². The van der Waals surface area contributed by atoms with Crippen LogP contribution in [0.25, 0.3) is 0 Å². The molecule has 2 atom stereocenters. The van der Waals surface area contributed by atoms with E-state index in [1.807, 2.05) is 12.1 Å². The second kappa shape index (κ2) is 8.92. The highest BCUT2D eigenvalue weighted by molar-refractivity contribution is 5.77. The molecule has 6 heteroatoms. The maximum Gasteiger partial charge on any atom is 0.313 e. The zero-order valence-corrected chi connectivity index (χ0v) is 16.1. The molecule has 0 spiro atoms. The second-order valence-electron chi connectivity index (χ2n) is 7.27. The van der Waals surface area contributed by atoms with E-state index in [1.165, 1.54) is 0 Å². The van der Waals surface area contributed by atoms with Crippen LogP contribution in [-0.2, 0) is 16.1 Å². The SMILES string of the molecule is CCOC(=O)C(C)c1ccc(C#CC2(O)CN3CCC2CC3)c(CO)c1.[B]. The first-order chi connectivity index (χ1) is 12.5. The highest BCUT2D eigenvalue weighted by Gasteiger charge is 2.44. The van der Waals surface area contributed by atoms with Crippen LogP contribution >= 0.6 is 0 Å². The third kappa shape index (κ3) is 4.55. The first-order valence-corrected chi connectivity index (χ1v) is 9.35. The zero-order valence-electron chi connectivity index (χ0n) is 16.1. The molecule has 2 N–H and O–H groups in total. The van der Waals surface area contributed by atoms with E-state index in [0.717, 1.165) is 31.5 Å². The first kappa shape index (κ1) is 21.5. The molecule has 3 aliphatic heterocycles. The number of carbonyl (C=O) groups excluding carboxylic acids is 1. The summed E-state index contributed by atoms with van der Waals surface area (Å²) in [5.41, 5.74) is 1.17. The van der Waals surface area contributed by atoms with Crippen molar-refractivity contribution in [2.75, 3.05) is 26.2 Å². The monoisotopic (exact) mass is 368 g/mol. The van der Waals surface area contributed by atoms with Gasteiger partial charge in [-0.15, -0.1) is 0 Å². The van der Waals surface area contributed by atoms with Gasteiger partial charge in [-0.2, -0.15) is 0 Å². The average Bonchev–Trinajstić information content (AvgIpc) is 2.66. The topological polar surface area (TPSA) is 70.0 Å². The Kier molecular flexibility index (Phi) is 7.10. The summed E-state index contributed by atoms with van der Waals surface area (Å²) >= 11 is 0. The van der Waals surface area contributed by atoms with Gasteiger partial charge in [0.1, 0.15) is 5.60 Å². The summed E-state index contributed by atoms with van der Waals surface area (Å²) in [4.78, 5) is 14.2. The van der Waals surface area contributed by atoms with Crippen molar-refractivity contribution in [1.82, 2.24) is 4.90 Å². The van der Waals surface area contributed by atoms with Gasteiger partial charge < -0.3 is 14.9 Å². The third-order valence-corrected chi connectivity index (χ3v) is 5.58. The Morgan fingerprint density at radius 3 is 2.67 bits per heavy atom. The van der Waals surface area contributed by atoms with Crippen LogP contribution in [0.2, 0.25) is 0 Å². The number of carbonyl (C=O) groups is 1. The number of hydrogen-bond acceptors (Lipinski definition) is 5. The summed E-state index contributed by atoms with van der Waals surface area (Å²) in [6.07, 6.45) is 1.96. The molecule has 0 aromatic heterocycles. The number of rotatable bonds is 4. The normalized spacial score (nSPS) is 27.1. The van der Waals surface area contributed by atoms with Gasteiger partial charge in [-0.1, -0.05) is 24.0 Å². The Hall–Kier alpha value is -1.81. The standard InChI is InChI=1S/C21H27NO4.B/c1-3-26-20(24)15(2)17-5-4-16(18(12-17)13-23)6-9-21(25)14-22-10-7-19(21)8-11-22;/h4-5,12,15,19,23,25H,3,7-8,10-11,13-14H2,1-2H3;. The van der Waals surface area contributed by atoms with E-state index in [9.17, 15) is 15.0 Å². The molecule has 0 aliphatic carbocycles. The van der Waals surface area contributed by atoms with E-state index in [-0.39, 0.29) is 26.9 Å². The smallest absolute Gasteiger partial charge is 0.313 e. The molecule has 3 fully saturated rings. The predicted octanol–water partition coefficient (Wildman–Crippen LogP) is 1.27. The molecule has 3 saturated heterocycles. The molecule has 1 aromatic carbocycles. The highest BCUT2D eigenvalue weighted by atomic mass is 16.5. The number of piperidine rings is 3. The molecule has 2 bridgehead atoms. The Morgan fingerprint density at radius 2 is 2.11 bits per heavy atom. The number of hydrogen-bond donors (Lipinski definition) is 2. The van der Waals surface area contributed by atoms with E-state index < -0.39 is 11.5 Å². The van der Waals surface area contributed by atoms with Crippen molar-refractivity contribution in [2.24, 2.45) is 5.92 Å². The van der Waals surface area contributed by atoms with Crippen LogP contribution in [0.3, 0.4) is 0 Å². The minimum atomic E-state index is -0.972. The summed E-state index contributed by atoms with van der Waals surface area (Å²) < 4.78 is 5.06. The van der Waals surface area contributed by atoms with Gasteiger partial charge in [0.15, 0.2) is 0 Å². The predicted molar refractivity (Wildman–Crippen MR) is 104 cm³/mol. The van der Waals surface area contributed by atoms with E-state index >= 15 is 0 Å². The van der Waals surface area contributed by atoms with Crippen molar-refractivity contribution in [3.05, 3.63) is 34.9 Å². The maximum absolute atomic E-state index is 11.9. The summed E-state index contributed by atoms with van der Waals surface area (Å²) in [5.74, 6) is 5.70. The van der Waals surface area contributed by atoms with Gasteiger partial charge in [-0.25, -0.2) is 0 Å². The van der Waals surface area contributed by atoms with Gasteiger partial charge in [0.2, 0.25) is 0 Å². The lowest BCUT2D eigenvalue weighted by Crippen LogP contribution is -2.58. The van der Waals surface area contributed by atoms with Crippen LogP contribution in [0.4, 0.5) is 0 Å². The minimum Gasteiger partial charge on any atom is -0.466 e. The minimum absolute atomic E-state index is 0. The lowest BCUT2D eigenvalue weighted by molar-refractivity contribution is -0.144. The summed E-state index contributed by atoms with van der Waals surface area (Å²) in [5, 5.41) is 20.6. The molecular formula is C21H27BNO4. The summed E-state index contributed by atoms with van der Waals surface area (Å²) in [7, 11) is 0. The highest BCUT2D eigenvalue weighted by Crippen LogP contribution is 2.35. The van der Waals surface area contributed by atoms with Gasteiger partial charge >= 0.3 is 5.97 Å². The molecule has 3 radical (unpaired) electrons. The third-order valence-electron chi connectivity index (χ3n) is 5.58. The summed E-state index contributed by atoms with van der Waals surface area (Å²) in [6, 6.07) is 5.45. The van der Waals surface area contributed by atoms with Crippen LogP contribution < -0.4 is 0 Å². The molecule has 5 nitrogen and oxygen atoms in total. The number of ether oxygens (including phenoxy) is 1. The molecular weight excluding hydrogens is 341 g/mol. The lowest BCUT2D eigenvalue weighted by Gasteiger charge is -2.47. The van der Waals surface area contributed by atoms with Crippen molar-refractivity contribution in [3.8, 4) is 11.8 Å². The number of fused-ring (bicyclic) bond motifs is 3. The zero-order chi connectivity index (χ0) is 18.7. The van der Waals surface area contributed by atoms with Gasteiger partial charge in [0.25, 0.3) is 0 Å². The quantitative estimate of drug-likeness (QED) is 0.476. The van der Waals surface area contributed by atoms with E-state index in [1.54, 1.807) is 19.9 Å². The number of benzene rings is 1. The largest absolute Gasteiger partial charge is 0.466 e. The van der Waals surface area contributed by atoms with E-state index in [0.29, 0.717) is 24.3 Å².